The molecule has 5 heteroatoms. The van der Waals surface area contributed by atoms with Crippen molar-refractivity contribution in [2.45, 2.75) is 47.1 Å². The molecule has 0 aliphatic rings. The lowest BCUT2D eigenvalue weighted by Crippen LogP contribution is -2.13. The number of aryl methyl sites for hydroxylation is 1. The van der Waals surface area contributed by atoms with Crippen molar-refractivity contribution in [2.24, 2.45) is 5.92 Å². The highest BCUT2D eigenvalue weighted by molar-refractivity contribution is 5.91. The molecule has 0 fully saturated rings. The van der Waals surface area contributed by atoms with Gasteiger partial charge in [-0.2, -0.15) is 5.10 Å². The van der Waals surface area contributed by atoms with E-state index >= 15 is 0 Å². The lowest BCUT2D eigenvalue weighted by molar-refractivity contribution is -0.116. The number of amides is 1. The lowest BCUT2D eigenvalue weighted by Gasteiger charge is -2.09. The van der Waals surface area contributed by atoms with Crippen molar-refractivity contribution in [3.63, 3.8) is 0 Å². The van der Waals surface area contributed by atoms with Crippen LogP contribution < -0.4 is 10.1 Å². The van der Waals surface area contributed by atoms with Crippen LogP contribution in [0.5, 0.6) is 5.75 Å². The number of nitrogens with one attached hydrogen (secondary N) is 1. The summed E-state index contributed by atoms with van der Waals surface area (Å²) in [6.07, 6.45) is 2.80. The highest BCUT2D eigenvalue weighted by Crippen LogP contribution is 2.19. The molecule has 1 aromatic carbocycles. The molecule has 0 unspecified atom stereocenters. The van der Waals surface area contributed by atoms with Gasteiger partial charge in [0.05, 0.1) is 5.69 Å². The average Bonchev–Trinajstić information content (AvgIpc) is 2.84. The normalized spacial score (nSPS) is 10.8. The summed E-state index contributed by atoms with van der Waals surface area (Å²) in [6.45, 7) is 13.4. The Labute approximate surface area is 156 Å². The molecule has 1 aromatic heterocycles. The van der Waals surface area contributed by atoms with E-state index in [1.807, 2.05) is 35.9 Å². The third kappa shape index (κ3) is 5.48. The molecule has 26 heavy (non-hydrogen) atoms. The molecule has 2 rings (SSSR count). The molecule has 0 radical (unpaired) electrons. The van der Waals surface area contributed by atoms with Crippen LogP contribution >= 0.6 is 0 Å². The zero-order valence-electron chi connectivity index (χ0n) is 16.2. The molecule has 0 saturated carbocycles. The standard InChI is InChI=1S/C21H29N3O2/c1-6-12-26-19-9-7-8-18(13-19)22-21(25)11-10-20-16(4)23-24(17(20)5)14-15(2)3/h6-9,13,15H,1,10-12,14H2,2-5H3,(H,22,25). The molecule has 0 aliphatic heterocycles. The quantitative estimate of drug-likeness (QED) is 0.683. The number of hydrogen-bond donors (Lipinski definition) is 1. The maximum absolute atomic E-state index is 12.3. The van der Waals surface area contributed by atoms with Crippen molar-refractivity contribution in [1.29, 1.82) is 0 Å². The summed E-state index contributed by atoms with van der Waals surface area (Å²) < 4.78 is 7.54. The fraction of sp³-hybridized carbons (Fsp3) is 0.429. The first kappa shape index (κ1) is 19.8. The van der Waals surface area contributed by atoms with Crippen molar-refractivity contribution in [3.8, 4) is 5.75 Å². The van der Waals surface area contributed by atoms with E-state index < -0.39 is 0 Å². The van der Waals surface area contributed by atoms with Crippen LogP contribution in [-0.4, -0.2) is 22.3 Å². The second-order valence-corrected chi connectivity index (χ2v) is 6.90. The minimum Gasteiger partial charge on any atom is -0.489 e. The van der Waals surface area contributed by atoms with Crippen LogP contribution in [0.2, 0.25) is 0 Å². The van der Waals surface area contributed by atoms with Gasteiger partial charge in [0, 0.05) is 30.4 Å². The van der Waals surface area contributed by atoms with E-state index in [1.165, 1.54) is 5.56 Å². The number of carbonyl (C=O) groups is 1. The summed E-state index contributed by atoms with van der Waals surface area (Å²) in [5, 5.41) is 7.55. The molecular formula is C21H29N3O2. The van der Waals surface area contributed by atoms with E-state index in [2.05, 4.69) is 37.8 Å². The fourth-order valence-corrected chi connectivity index (χ4v) is 2.90. The van der Waals surface area contributed by atoms with Gasteiger partial charge in [-0.1, -0.05) is 32.6 Å². The number of nitrogens with zero attached hydrogens (tertiary/aromatic N) is 2. The van der Waals surface area contributed by atoms with Crippen LogP contribution in [0.15, 0.2) is 36.9 Å². The van der Waals surface area contributed by atoms with Gasteiger partial charge in [-0.25, -0.2) is 0 Å². The predicted molar refractivity (Wildman–Crippen MR) is 106 cm³/mol. The van der Waals surface area contributed by atoms with Gasteiger partial charge in [-0.3, -0.25) is 9.48 Å². The molecule has 5 nitrogen and oxygen atoms in total. The van der Waals surface area contributed by atoms with Gasteiger partial charge in [0.15, 0.2) is 0 Å². The third-order valence-electron chi connectivity index (χ3n) is 4.16. The maximum atomic E-state index is 12.3. The molecule has 1 N–H and O–H groups in total. The molecule has 0 aliphatic carbocycles. The molecule has 0 saturated heterocycles. The molecule has 2 aromatic rings. The van der Waals surface area contributed by atoms with E-state index in [0.717, 1.165) is 23.6 Å². The number of rotatable bonds is 9. The number of carbonyl (C=O) groups excluding carboxylic acids is 1. The van der Waals surface area contributed by atoms with Gasteiger partial charge in [0.25, 0.3) is 0 Å². The van der Waals surface area contributed by atoms with Crippen LogP contribution in [0.25, 0.3) is 0 Å². The Morgan fingerprint density at radius 3 is 2.85 bits per heavy atom. The van der Waals surface area contributed by atoms with Crippen LogP contribution in [-0.2, 0) is 17.8 Å². The fourth-order valence-electron chi connectivity index (χ4n) is 2.90. The molecular weight excluding hydrogens is 326 g/mol. The first-order chi connectivity index (χ1) is 12.4. The van der Waals surface area contributed by atoms with Crippen molar-refractivity contribution < 1.29 is 9.53 Å². The Kier molecular flexibility index (Phi) is 7.01. The van der Waals surface area contributed by atoms with E-state index in [0.29, 0.717) is 31.1 Å². The summed E-state index contributed by atoms with van der Waals surface area (Å²) in [6, 6.07) is 7.39. The van der Waals surface area contributed by atoms with E-state index in [-0.39, 0.29) is 5.91 Å². The Morgan fingerprint density at radius 2 is 2.15 bits per heavy atom. The van der Waals surface area contributed by atoms with Gasteiger partial charge >= 0.3 is 0 Å². The van der Waals surface area contributed by atoms with Crippen LogP contribution in [0.4, 0.5) is 5.69 Å². The maximum Gasteiger partial charge on any atom is 0.224 e. The number of benzene rings is 1. The lowest BCUT2D eigenvalue weighted by atomic mass is 10.1. The van der Waals surface area contributed by atoms with Crippen molar-refractivity contribution in [2.75, 3.05) is 11.9 Å². The Bertz CT molecular complexity index is 763. The second kappa shape index (κ2) is 9.22. The zero-order valence-corrected chi connectivity index (χ0v) is 16.2. The van der Waals surface area contributed by atoms with Crippen LogP contribution in [0, 0.1) is 19.8 Å². The Balaban J connectivity index is 1.95. The molecule has 0 bridgehead atoms. The summed E-state index contributed by atoms with van der Waals surface area (Å²) in [4.78, 5) is 12.3. The average molecular weight is 355 g/mol. The highest BCUT2D eigenvalue weighted by atomic mass is 16.5. The van der Waals surface area contributed by atoms with Crippen molar-refractivity contribution in [3.05, 3.63) is 53.9 Å². The Morgan fingerprint density at radius 1 is 1.38 bits per heavy atom. The highest BCUT2D eigenvalue weighted by Gasteiger charge is 2.14. The van der Waals surface area contributed by atoms with Crippen molar-refractivity contribution >= 4 is 11.6 Å². The van der Waals surface area contributed by atoms with Gasteiger partial charge in [0.2, 0.25) is 5.91 Å². The van der Waals surface area contributed by atoms with E-state index in [4.69, 9.17) is 4.74 Å². The predicted octanol–water partition coefficient (Wildman–Crippen LogP) is 4.29. The number of aromatic nitrogens is 2. The van der Waals surface area contributed by atoms with Gasteiger partial charge in [-0.15, -0.1) is 0 Å². The second-order valence-electron chi connectivity index (χ2n) is 6.90. The first-order valence-corrected chi connectivity index (χ1v) is 9.07. The minimum atomic E-state index is -0.0127. The molecule has 140 valence electrons. The van der Waals surface area contributed by atoms with Gasteiger partial charge < -0.3 is 10.1 Å². The monoisotopic (exact) mass is 355 g/mol. The van der Waals surface area contributed by atoms with E-state index in [1.54, 1.807) is 6.08 Å². The summed E-state index contributed by atoms with van der Waals surface area (Å²) >= 11 is 0. The third-order valence-corrected chi connectivity index (χ3v) is 4.16. The molecule has 1 heterocycles. The summed E-state index contributed by atoms with van der Waals surface area (Å²) in [5.41, 5.74) is 4.07. The largest absolute Gasteiger partial charge is 0.489 e. The van der Waals surface area contributed by atoms with Gasteiger partial charge in [0.1, 0.15) is 12.4 Å². The topological polar surface area (TPSA) is 56.1 Å². The smallest absolute Gasteiger partial charge is 0.224 e. The van der Waals surface area contributed by atoms with E-state index in [9.17, 15) is 4.79 Å². The number of hydrogen-bond acceptors (Lipinski definition) is 3. The zero-order chi connectivity index (χ0) is 19.1. The van der Waals surface area contributed by atoms with Crippen molar-refractivity contribution in [1.82, 2.24) is 9.78 Å². The van der Waals surface area contributed by atoms with Crippen LogP contribution in [0.3, 0.4) is 0 Å². The van der Waals surface area contributed by atoms with Crippen LogP contribution in [0.1, 0.15) is 37.2 Å². The minimum absolute atomic E-state index is 0.0127. The number of anilines is 1. The summed E-state index contributed by atoms with van der Waals surface area (Å²) in [7, 11) is 0. The molecule has 0 atom stereocenters. The van der Waals surface area contributed by atoms with Gasteiger partial charge in [-0.05, 0) is 43.9 Å². The molecule has 1 amide bonds. The summed E-state index contributed by atoms with van der Waals surface area (Å²) in [5.74, 6) is 1.24. The molecule has 0 spiro atoms. The SMILES string of the molecule is C=CCOc1cccc(NC(=O)CCc2c(C)nn(CC(C)C)c2C)c1. The first-order valence-electron chi connectivity index (χ1n) is 9.07. The Hall–Kier alpha value is -2.56. The number of ether oxygens (including phenoxy) is 1.